The highest BCUT2D eigenvalue weighted by atomic mass is 16.5. The second-order valence-electron chi connectivity index (χ2n) is 5.98. The highest BCUT2D eigenvalue weighted by Gasteiger charge is 2.68. The van der Waals surface area contributed by atoms with Gasteiger partial charge in [-0.25, -0.2) is 0 Å². The predicted octanol–water partition coefficient (Wildman–Crippen LogP) is 1.86. The summed E-state index contributed by atoms with van der Waals surface area (Å²) in [6, 6.07) is 0. The van der Waals surface area contributed by atoms with Crippen molar-refractivity contribution >= 4 is 0 Å². The minimum Gasteiger partial charge on any atom is -0.332 e. The van der Waals surface area contributed by atoms with E-state index in [0.29, 0.717) is 17.1 Å². The maximum absolute atomic E-state index is 5.70. The number of methoxy groups -OCH3 is 1. The largest absolute Gasteiger partial charge is 0.332 e. The summed E-state index contributed by atoms with van der Waals surface area (Å²) >= 11 is 0. The lowest BCUT2D eigenvalue weighted by Gasteiger charge is -2.43. The van der Waals surface area contributed by atoms with E-state index in [-0.39, 0.29) is 0 Å². The number of hydrogen-bond donors (Lipinski definition) is 0. The summed E-state index contributed by atoms with van der Waals surface area (Å²) in [6.07, 6.45) is 1.75. The van der Waals surface area contributed by atoms with Gasteiger partial charge in [0, 0.05) is 18.9 Å². The highest BCUT2D eigenvalue weighted by molar-refractivity contribution is 5.00. The molecule has 0 aliphatic carbocycles. The minimum absolute atomic E-state index is 0.328. The molecule has 2 aliphatic rings. The Morgan fingerprint density at radius 1 is 1.31 bits per heavy atom. The van der Waals surface area contributed by atoms with Gasteiger partial charge < -0.3 is 9.22 Å². The molecule has 2 fully saturated rings. The molecule has 3 unspecified atom stereocenters. The maximum Gasteiger partial charge on any atom is 0.198 e. The number of quaternary nitrogens is 1. The molecular formula is C11H22NO+. The fourth-order valence-electron chi connectivity index (χ4n) is 3.81. The van der Waals surface area contributed by atoms with Crippen molar-refractivity contribution in [3.8, 4) is 0 Å². The van der Waals surface area contributed by atoms with Gasteiger partial charge in [-0.15, -0.1) is 0 Å². The lowest BCUT2D eigenvalue weighted by Crippen LogP contribution is -2.54. The molecule has 2 heterocycles. The van der Waals surface area contributed by atoms with E-state index in [0.717, 1.165) is 4.48 Å². The first-order chi connectivity index (χ1) is 5.86. The van der Waals surface area contributed by atoms with Crippen LogP contribution in [-0.4, -0.2) is 38.0 Å². The second-order valence-corrected chi connectivity index (χ2v) is 5.98. The van der Waals surface area contributed by atoms with Crippen LogP contribution < -0.4 is 0 Å². The molecule has 2 nitrogen and oxygen atoms in total. The van der Waals surface area contributed by atoms with E-state index in [4.69, 9.17) is 4.74 Å². The molecule has 2 rings (SSSR count). The third kappa shape index (κ3) is 0.909. The van der Waals surface area contributed by atoms with Crippen molar-refractivity contribution in [3.05, 3.63) is 0 Å². The zero-order chi connectivity index (χ0) is 9.91. The Hall–Kier alpha value is -0.0800. The number of ether oxygens (including phenoxy) is 1. The summed E-state index contributed by atoms with van der Waals surface area (Å²) < 4.78 is 6.83. The van der Waals surface area contributed by atoms with Crippen LogP contribution in [0.5, 0.6) is 0 Å². The average Bonchev–Trinajstić information content (AvgIpc) is 2.35. The molecule has 2 heteroatoms. The molecule has 2 aliphatic heterocycles. The molecular weight excluding hydrogens is 162 g/mol. The van der Waals surface area contributed by atoms with Gasteiger partial charge >= 0.3 is 0 Å². The van der Waals surface area contributed by atoms with Gasteiger partial charge in [-0.3, -0.25) is 0 Å². The Bertz CT molecular complexity index is 238. The minimum atomic E-state index is 0.328. The third-order valence-electron chi connectivity index (χ3n) is 4.85. The van der Waals surface area contributed by atoms with Gasteiger partial charge in [-0.2, -0.15) is 0 Å². The zero-order valence-electron chi connectivity index (χ0n) is 9.55. The van der Waals surface area contributed by atoms with Crippen molar-refractivity contribution in [2.24, 2.45) is 10.8 Å². The first kappa shape index (κ1) is 9.47. The van der Waals surface area contributed by atoms with Gasteiger partial charge in [0.2, 0.25) is 0 Å². The first-order valence-corrected chi connectivity index (χ1v) is 5.23. The SMILES string of the molecule is COC1C(C)(C)C2(C)CC[N+]1(C)C2. The number of piperidine rings is 1. The fourth-order valence-corrected chi connectivity index (χ4v) is 3.81. The Morgan fingerprint density at radius 3 is 2.23 bits per heavy atom. The van der Waals surface area contributed by atoms with Crippen molar-refractivity contribution in [2.75, 3.05) is 27.2 Å². The summed E-state index contributed by atoms with van der Waals surface area (Å²) in [6.45, 7) is 9.74. The van der Waals surface area contributed by atoms with E-state index in [1.807, 2.05) is 7.11 Å². The van der Waals surface area contributed by atoms with Gasteiger partial charge in [-0.05, 0) is 0 Å². The van der Waals surface area contributed by atoms with Crippen LogP contribution in [0.2, 0.25) is 0 Å². The van der Waals surface area contributed by atoms with Crippen LogP contribution in [0.3, 0.4) is 0 Å². The Labute approximate surface area is 81.5 Å². The molecule has 0 radical (unpaired) electrons. The van der Waals surface area contributed by atoms with E-state index in [9.17, 15) is 0 Å². The second kappa shape index (κ2) is 2.29. The first-order valence-electron chi connectivity index (χ1n) is 5.23. The average molecular weight is 184 g/mol. The third-order valence-corrected chi connectivity index (χ3v) is 4.85. The van der Waals surface area contributed by atoms with Crippen LogP contribution in [0.1, 0.15) is 27.2 Å². The molecule has 0 amide bonds. The molecule has 0 aromatic carbocycles. The van der Waals surface area contributed by atoms with Crippen LogP contribution in [0.25, 0.3) is 0 Å². The Morgan fingerprint density at radius 2 is 1.92 bits per heavy atom. The summed E-state index contributed by atoms with van der Waals surface area (Å²) in [7, 11) is 4.20. The molecule has 0 saturated carbocycles. The smallest absolute Gasteiger partial charge is 0.198 e. The Balaban J connectivity index is 2.41. The molecule has 0 N–H and O–H groups in total. The van der Waals surface area contributed by atoms with E-state index < -0.39 is 0 Å². The van der Waals surface area contributed by atoms with Gasteiger partial charge in [0.1, 0.15) is 0 Å². The van der Waals surface area contributed by atoms with E-state index in [1.165, 1.54) is 19.5 Å². The molecule has 3 atom stereocenters. The molecule has 76 valence electrons. The van der Waals surface area contributed by atoms with Crippen molar-refractivity contribution in [2.45, 2.75) is 33.4 Å². The van der Waals surface area contributed by atoms with Gasteiger partial charge in [0.15, 0.2) is 6.23 Å². The number of hydrogen-bond acceptors (Lipinski definition) is 1. The molecule has 2 saturated heterocycles. The number of fused-ring (bicyclic) bond motifs is 2. The normalized spacial score (nSPS) is 52.8. The van der Waals surface area contributed by atoms with Gasteiger partial charge in [0.05, 0.1) is 25.6 Å². The topological polar surface area (TPSA) is 9.23 Å². The highest BCUT2D eigenvalue weighted by Crippen LogP contribution is 2.59. The quantitative estimate of drug-likeness (QED) is 0.565. The Kier molecular flexibility index (Phi) is 1.67. The van der Waals surface area contributed by atoms with Crippen LogP contribution in [0.15, 0.2) is 0 Å². The standard InChI is InChI=1S/C11H22NO/c1-10(2)9(13-5)12(4)7-6-11(10,3)8-12/h9H,6-8H2,1-5H3/q+1. The van der Waals surface area contributed by atoms with E-state index in [1.54, 1.807) is 0 Å². The monoisotopic (exact) mass is 184 g/mol. The fraction of sp³-hybridized carbons (Fsp3) is 1.00. The van der Waals surface area contributed by atoms with Crippen LogP contribution in [-0.2, 0) is 4.74 Å². The number of rotatable bonds is 1. The predicted molar refractivity (Wildman–Crippen MR) is 53.2 cm³/mol. The summed E-state index contributed by atoms with van der Waals surface area (Å²) in [5.41, 5.74) is 0.817. The zero-order valence-corrected chi connectivity index (χ0v) is 9.55. The van der Waals surface area contributed by atoms with E-state index in [2.05, 4.69) is 27.8 Å². The van der Waals surface area contributed by atoms with Crippen molar-refractivity contribution < 1.29 is 9.22 Å². The van der Waals surface area contributed by atoms with Crippen molar-refractivity contribution in [1.29, 1.82) is 0 Å². The molecule has 0 aromatic rings. The van der Waals surface area contributed by atoms with Crippen LogP contribution >= 0.6 is 0 Å². The molecule has 13 heavy (non-hydrogen) atoms. The molecule has 2 bridgehead atoms. The maximum atomic E-state index is 5.70. The van der Waals surface area contributed by atoms with Crippen molar-refractivity contribution in [3.63, 3.8) is 0 Å². The van der Waals surface area contributed by atoms with Gasteiger partial charge in [0.25, 0.3) is 0 Å². The number of nitrogens with zero attached hydrogens (tertiary/aromatic N) is 1. The summed E-state index contributed by atoms with van der Waals surface area (Å²) in [5, 5.41) is 0. The van der Waals surface area contributed by atoms with E-state index >= 15 is 0 Å². The van der Waals surface area contributed by atoms with Crippen molar-refractivity contribution in [1.82, 2.24) is 0 Å². The summed E-state index contributed by atoms with van der Waals surface area (Å²) in [4.78, 5) is 0. The van der Waals surface area contributed by atoms with Crippen LogP contribution in [0, 0.1) is 10.8 Å². The lowest BCUT2D eigenvalue weighted by molar-refractivity contribution is -0.940. The van der Waals surface area contributed by atoms with Gasteiger partial charge in [-0.1, -0.05) is 20.8 Å². The lowest BCUT2D eigenvalue weighted by atomic mass is 9.66. The van der Waals surface area contributed by atoms with Crippen LogP contribution in [0.4, 0.5) is 0 Å². The summed E-state index contributed by atoms with van der Waals surface area (Å²) in [5.74, 6) is 0. The molecule has 0 spiro atoms. The molecule has 0 aromatic heterocycles.